The van der Waals surface area contributed by atoms with E-state index in [4.69, 9.17) is 11.5 Å². The Morgan fingerprint density at radius 2 is 1.96 bits per heavy atom. The van der Waals surface area contributed by atoms with Crippen LogP contribution in [0.2, 0.25) is 0 Å². The second-order valence-electron chi connectivity index (χ2n) is 6.36. The molecule has 24 heavy (non-hydrogen) atoms. The van der Waals surface area contributed by atoms with Gasteiger partial charge in [0.1, 0.15) is 5.82 Å². The highest BCUT2D eigenvalue weighted by molar-refractivity contribution is 5.94. The highest BCUT2D eigenvalue weighted by Crippen LogP contribution is 2.26. The number of aromatic nitrogens is 1. The van der Waals surface area contributed by atoms with Gasteiger partial charge in [-0.2, -0.15) is 0 Å². The Morgan fingerprint density at radius 1 is 1.17 bits per heavy atom. The summed E-state index contributed by atoms with van der Waals surface area (Å²) in [5.41, 5.74) is 13.4. The number of anilines is 1. The summed E-state index contributed by atoms with van der Waals surface area (Å²) in [5, 5.41) is 0. The number of hydrogen-bond donors (Lipinski definition) is 2. The smallest absolute Gasteiger partial charge is 0.248 e. The lowest BCUT2D eigenvalue weighted by Gasteiger charge is -2.32. The molecule has 0 unspecified atom stereocenters. The number of amides is 1. The van der Waals surface area contributed by atoms with Crippen LogP contribution in [0, 0.1) is 5.92 Å². The number of pyridine rings is 1. The molecule has 0 bridgehead atoms. The number of primary amides is 1. The fraction of sp³-hybridized carbons (Fsp3) is 0.368. The molecule has 0 spiro atoms. The van der Waals surface area contributed by atoms with Gasteiger partial charge in [-0.25, -0.2) is 4.98 Å². The lowest BCUT2D eigenvalue weighted by atomic mass is 9.93. The molecule has 1 amide bonds. The maximum Gasteiger partial charge on any atom is 0.248 e. The van der Waals surface area contributed by atoms with Crippen molar-refractivity contribution in [3.05, 3.63) is 48.2 Å². The highest BCUT2D eigenvalue weighted by atomic mass is 16.1. The van der Waals surface area contributed by atoms with Gasteiger partial charge in [0, 0.05) is 30.4 Å². The van der Waals surface area contributed by atoms with E-state index in [1.807, 2.05) is 18.3 Å². The number of carbonyl (C=O) groups excluding carboxylic acids is 1. The van der Waals surface area contributed by atoms with Crippen molar-refractivity contribution in [3.8, 4) is 11.1 Å². The largest absolute Gasteiger partial charge is 0.366 e. The minimum atomic E-state index is -0.415. The van der Waals surface area contributed by atoms with E-state index < -0.39 is 5.91 Å². The number of benzene rings is 1. The number of hydrogen-bond acceptors (Lipinski definition) is 4. The van der Waals surface area contributed by atoms with Crippen molar-refractivity contribution in [1.82, 2.24) is 4.98 Å². The molecule has 0 saturated carbocycles. The summed E-state index contributed by atoms with van der Waals surface area (Å²) < 4.78 is 0. The Bertz CT molecular complexity index is 691. The van der Waals surface area contributed by atoms with Gasteiger partial charge < -0.3 is 16.4 Å². The predicted octanol–water partition coefficient (Wildman–Crippen LogP) is 2.41. The van der Waals surface area contributed by atoms with Crippen LogP contribution in [0.15, 0.2) is 42.6 Å². The normalized spacial score (nSPS) is 15.5. The molecule has 1 saturated heterocycles. The van der Waals surface area contributed by atoms with Crippen LogP contribution in [0.1, 0.15) is 29.6 Å². The molecule has 1 aromatic heterocycles. The summed E-state index contributed by atoms with van der Waals surface area (Å²) in [6.07, 6.45) is 5.35. The second kappa shape index (κ2) is 7.45. The van der Waals surface area contributed by atoms with Gasteiger partial charge in [-0.05, 0) is 61.6 Å². The van der Waals surface area contributed by atoms with Gasteiger partial charge in [0.2, 0.25) is 5.91 Å². The SMILES string of the molecule is NCCC1CCN(c2ccc(-c3cccc(C(N)=O)c3)cn2)CC1. The van der Waals surface area contributed by atoms with E-state index in [9.17, 15) is 4.79 Å². The minimum Gasteiger partial charge on any atom is -0.366 e. The van der Waals surface area contributed by atoms with Gasteiger partial charge in [-0.15, -0.1) is 0 Å². The van der Waals surface area contributed by atoms with E-state index in [0.717, 1.165) is 48.9 Å². The zero-order chi connectivity index (χ0) is 16.9. The van der Waals surface area contributed by atoms with Crippen LogP contribution in [0.3, 0.4) is 0 Å². The van der Waals surface area contributed by atoms with E-state index >= 15 is 0 Å². The summed E-state index contributed by atoms with van der Waals surface area (Å²) in [4.78, 5) is 18.2. The van der Waals surface area contributed by atoms with Gasteiger partial charge in [0.05, 0.1) is 0 Å². The predicted molar refractivity (Wildman–Crippen MR) is 96.8 cm³/mol. The fourth-order valence-corrected chi connectivity index (χ4v) is 3.28. The van der Waals surface area contributed by atoms with E-state index in [1.54, 1.807) is 12.1 Å². The van der Waals surface area contributed by atoms with Crippen molar-refractivity contribution in [2.75, 3.05) is 24.5 Å². The van der Waals surface area contributed by atoms with Crippen molar-refractivity contribution in [3.63, 3.8) is 0 Å². The summed E-state index contributed by atoms with van der Waals surface area (Å²) in [6.45, 7) is 2.85. The van der Waals surface area contributed by atoms with Crippen LogP contribution in [-0.4, -0.2) is 30.5 Å². The summed E-state index contributed by atoms with van der Waals surface area (Å²) in [5.74, 6) is 1.35. The molecule has 5 nitrogen and oxygen atoms in total. The van der Waals surface area contributed by atoms with E-state index in [-0.39, 0.29) is 0 Å². The molecule has 2 aromatic rings. The third-order valence-electron chi connectivity index (χ3n) is 4.74. The first-order chi connectivity index (χ1) is 11.7. The van der Waals surface area contributed by atoms with Gasteiger partial charge in [0.25, 0.3) is 0 Å². The minimum absolute atomic E-state index is 0.415. The maximum absolute atomic E-state index is 11.3. The number of rotatable bonds is 5. The van der Waals surface area contributed by atoms with Gasteiger partial charge in [-0.3, -0.25) is 4.79 Å². The van der Waals surface area contributed by atoms with Crippen molar-refractivity contribution >= 4 is 11.7 Å². The summed E-state index contributed by atoms with van der Waals surface area (Å²) >= 11 is 0. The van der Waals surface area contributed by atoms with Gasteiger partial charge in [-0.1, -0.05) is 12.1 Å². The maximum atomic E-state index is 11.3. The molecular formula is C19H24N4O. The zero-order valence-corrected chi connectivity index (χ0v) is 13.8. The van der Waals surface area contributed by atoms with Crippen LogP contribution in [0.5, 0.6) is 0 Å². The quantitative estimate of drug-likeness (QED) is 0.884. The molecule has 4 N–H and O–H groups in total. The molecule has 0 radical (unpaired) electrons. The first-order valence-corrected chi connectivity index (χ1v) is 8.48. The van der Waals surface area contributed by atoms with Crippen LogP contribution < -0.4 is 16.4 Å². The Morgan fingerprint density at radius 3 is 2.58 bits per heavy atom. The molecule has 2 heterocycles. The van der Waals surface area contributed by atoms with Crippen molar-refractivity contribution in [1.29, 1.82) is 0 Å². The molecule has 1 aliphatic rings. The topological polar surface area (TPSA) is 85.2 Å². The van der Waals surface area contributed by atoms with E-state index in [2.05, 4.69) is 22.0 Å². The lowest BCUT2D eigenvalue weighted by Crippen LogP contribution is -2.34. The summed E-state index contributed by atoms with van der Waals surface area (Å²) in [7, 11) is 0. The lowest BCUT2D eigenvalue weighted by molar-refractivity contribution is 0.100. The van der Waals surface area contributed by atoms with Crippen LogP contribution in [-0.2, 0) is 0 Å². The van der Waals surface area contributed by atoms with Gasteiger partial charge in [0.15, 0.2) is 0 Å². The number of nitrogens with two attached hydrogens (primary N) is 2. The highest BCUT2D eigenvalue weighted by Gasteiger charge is 2.19. The number of nitrogens with zero attached hydrogens (tertiary/aromatic N) is 2. The average Bonchev–Trinajstić information content (AvgIpc) is 2.63. The molecule has 126 valence electrons. The van der Waals surface area contributed by atoms with Gasteiger partial charge >= 0.3 is 0 Å². The molecule has 1 aromatic carbocycles. The standard InChI is InChI=1S/C19H24N4O/c20-9-6-14-7-10-23(11-8-14)18-5-4-17(13-22-18)15-2-1-3-16(12-15)19(21)24/h1-5,12-14H,6-11,20H2,(H2,21,24). The first kappa shape index (κ1) is 16.5. The number of piperidine rings is 1. The Hall–Kier alpha value is -2.40. The van der Waals surface area contributed by atoms with Crippen LogP contribution in [0.4, 0.5) is 5.82 Å². The molecule has 3 rings (SSSR count). The molecule has 5 heteroatoms. The molecule has 0 atom stereocenters. The van der Waals surface area contributed by atoms with Crippen LogP contribution >= 0.6 is 0 Å². The monoisotopic (exact) mass is 324 g/mol. The number of carbonyl (C=O) groups is 1. The molecule has 1 aliphatic heterocycles. The molecule has 0 aliphatic carbocycles. The fourth-order valence-electron chi connectivity index (χ4n) is 3.28. The third-order valence-corrected chi connectivity index (χ3v) is 4.74. The van der Waals surface area contributed by atoms with E-state index in [1.165, 1.54) is 12.8 Å². The van der Waals surface area contributed by atoms with Crippen molar-refractivity contribution in [2.45, 2.75) is 19.3 Å². The second-order valence-corrected chi connectivity index (χ2v) is 6.36. The summed E-state index contributed by atoms with van der Waals surface area (Å²) in [6, 6.07) is 11.4. The third kappa shape index (κ3) is 3.74. The molecular weight excluding hydrogens is 300 g/mol. The first-order valence-electron chi connectivity index (χ1n) is 8.48. The Labute approximate surface area is 142 Å². The van der Waals surface area contributed by atoms with E-state index in [0.29, 0.717) is 5.56 Å². The Balaban J connectivity index is 1.70. The van der Waals surface area contributed by atoms with Crippen molar-refractivity contribution < 1.29 is 4.79 Å². The average molecular weight is 324 g/mol. The van der Waals surface area contributed by atoms with Crippen LogP contribution in [0.25, 0.3) is 11.1 Å². The zero-order valence-electron chi connectivity index (χ0n) is 13.8. The Kier molecular flexibility index (Phi) is 5.11. The van der Waals surface area contributed by atoms with Crippen molar-refractivity contribution in [2.24, 2.45) is 17.4 Å². The molecule has 1 fully saturated rings.